The van der Waals surface area contributed by atoms with Gasteiger partial charge in [0.1, 0.15) is 10.2 Å². The highest BCUT2D eigenvalue weighted by atomic mass is 79.9. The van der Waals surface area contributed by atoms with E-state index in [2.05, 4.69) is 36.4 Å². The van der Waals surface area contributed by atoms with E-state index in [0.717, 1.165) is 6.07 Å². The zero-order chi connectivity index (χ0) is 24.1. The number of H-pyrrole nitrogens is 1. The molecule has 3 aromatic heterocycles. The molecular weight excluding hydrogens is 509 g/mol. The van der Waals surface area contributed by atoms with Crippen LogP contribution < -0.4 is 5.32 Å². The largest absolute Gasteiger partial charge is 0.444 e. The third-order valence-corrected chi connectivity index (χ3v) is 5.65. The summed E-state index contributed by atoms with van der Waals surface area (Å²) in [5.74, 6) is -0.550. The molecule has 0 aromatic carbocycles. The molecule has 0 radical (unpaired) electrons. The number of aromatic amines is 1. The number of carbonyl (C=O) groups is 2. The van der Waals surface area contributed by atoms with Gasteiger partial charge in [-0.2, -0.15) is 18.3 Å². The quantitative estimate of drug-likeness (QED) is 0.537. The summed E-state index contributed by atoms with van der Waals surface area (Å²) >= 11 is 3.23. The number of rotatable bonds is 3. The molecule has 1 saturated heterocycles. The number of halogens is 4. The van der Waals surface area contributed by atoms with E-state index in [9.17, 15) is 22.8 Å². The number of fused-ring (bicyclic) bond motifs is 1. The lowest BCUT2D eigenvalue weighted by Gasteiger charge is -2.39. The molecule has 0 aliphatic carbocycles. The summed E-state index contributed by atoms with van der Waals surface area (Å²) in [6.07, 6.45) is -0.973. The van der Waals surface area contributed by atoms with Crippen molar-refractivity contribution in [2.24, 2.45) is 0 Å². The van der Waals surface area contributed by atoms with Crippen molar-refractivity contribution >= 4 is 33.6 Å². The Hall–Kier alpha value is -3.09. The molecule has 176 valence electrons. The normalized spacial score (nSPS) is 14.9. The van der Waals surface area contributed by atoms with Crippen molar-refractivity contribution in [1.29, 1.82) is 0 Å². The summed E-state index contributed by atoms with van der Waals surface area (Å²) < 4.78 is 47.8. The molecule has 1 aliphatic heterocycles. The van der Waals surface area contributed by atoms with Crippen molar-refractivity contribution in [2.45, 2.75) is 38.6 Å². The topological polar surface area (TPSA) is 105 Å². The smallest absolute Gasteiger partial charge is 0.420 e. The first kappa shape index (κ1) is 23.1. The number of imidazole rings is 1. The van der Waals surface area contributed by atoms with Gasteiger partial charge in [0.2, 0.25) is 0 Å². The summed E-state index contributed by atoms with van der Waals surface area (Å²) in [4.78, 5) is 30.2. The maximum Gasteiger partial charge on any atom is 0.420 e. The van der Waals surface area contributed by atoms with Gasteiger partial charge in [0, 0.05) is 36.6 Å². The van der Waals surface area contributed by atoms with Crippen LogP contribution in [0.15, 0.2) is 29.3 Å². The Labute approximate surface area is 194 Å². The molecule has 0 bridgehead atoms. The number of hydrogen-bond donors (Lipinski definition) is 2. The van der Waals surface area contributed by atoms with Gasteiger partial charge in [0.25, 0.3) is 5.91 Å². The van der Waals surface area contributed by atoms with Crippen molar-refractivity contribution in [3.8, 4) is 11.1 Å². The predicted octanol–water partition coefficient (Wildman–Crippen LogP) is 3.85. The van der Waals surface area contributed by atoms with Crippen LogP contribution in [-0.4, -0.2) is 61.2 Å². The van der Waals surface area contributed by atoms with Crippen LogP contribution in [-0.2, 0) is 10.9 Å². The van der Waals surface area contributed by atoms with Gasteiger partial charge >= 0.3 is 12.3 Å². The van der Waals surface area contributed by atoms with E-state index in [1.807, 2.05) is 0 Å². The fraction of sp³-hybridized carbons (Fsp3) is 0.400. The number of alkyl halides is 3. The second kappa shape index (κ2) is 8.04. The van der Waals surface area contributed by atoms with E-state index < -0.39 is 35.0 Å². The van der Waals surface area contributed by atoms with E-state index in [1.54, 1.807) is 20.8 Å². The Morgan fingerprint density at radius 3 is 2.52 bits per heavy atom. The zero-order valence-electron chi connectivity index (χ0n) is 17.8. The van der Waals surface area contributed by atoms with Gasteiger partial charge in [-0.15, -0.1) is 0 Å². The van der Waals surface area contributed by atoms with Gasteiger partial charge in [0.15, 0.2) is 11.3 Å². The summed E-state index contributed by atoms with van der Waals surface area (Å²) in [6, 6.07) is 0.649. The van der Waals surface area contributed by atoms with Gasteiger partial charge in [0.05, 0.1) is 17.8 Å². The molecule has 0 atom stereocenters. The monoisotopic (exact) mass is 528 g/mol. The lowest BCUT2D eigenvalue weighted by molar-refractivity contribution is -0.136. The molecule has 0 unspecified atom stereocenters. The molecule has 2 amide bonds. The molecule has 0 spiro atoms. The molecule has 4 rings (SSSR count). The minimum absolute atomic E-state index is 0.0990. The van der Waals surface area contributed by atoms with Crippen LogP contribution in [0.2, 0.25) is 0 Å². The minimum Gasteiger partial charge on any atom is -0.444 e. The standard InChI is InChI=1S/C20H20BrF3N6O3/c1-19(2,3)33-18(32)27-12-8-29(9-12)17(31)14-15(21)30-7-10(11-5-25-26-6-11)4-13(16(30)28-14)20(22,23)24/h4-7,12H,8-9H2,1-3H3,(H,25,26)(H,27,32). The van der Waals surface area contributed by atoms with Gasteiger partial charge in [-0.1, -0.05) is 0 Å². The maximum atomic E-state index is 13.8. The zero-order valence-corrected chi connectivity index (χ0v) is 19.4. The number of nitrogens with one attached hydrogen (secondary N) is 2. The summed E-state index contributed by atoms with van der Waals surface area (Å²) in [5.41, 5.74) is -1.47. The van der Waals surface area contributed by atoms with Gasteiger partial charge in [-0.3, -0.25) is 14.3 Å². The molecule has 13 heteroatoms. The van der Waals surface area contributed by atoms with Gasteiger partial charge in [-0.25, -0.2) is 9.78 Å². The highest BCUT2D eigenvalue weighted by molar-refractivity contribution is 9.10. The number of hydrogen-bond acceptors (Lipinski definition) is 5. The number of ether oxygens (including phenoxy) is 1. The van der Waals surface area contributed by atoms with Crippen molar-refractivity contribution in [2.75, 3.05) is 13.1 Å². The van der Waals surface area contributed by atoms with Crippen LogP contribution in [0.4, 0.5) is 18.0 Å². The Bertz CT molecular complexity index is 1210. The minimum atomic E-state index is -4.69. The third-order valence-electron chi connectivity index (χ3n) is 4.89. The van der Waals surface area contributed by atoms with Gasteiger partial charge < -0.3 is 15.0 Å². The van der Waals surface area contributed by atoms with Crippen molar-refractivity contribution in [3.63, 3.8) is 0 Å². The first-order valence-electron chi connectivity index (χ1n) is 9.90. The lowest BCUT2D eigenvalue weighted by atomic mass is 10.1. The average molecular weight is 529 g/mol. The summed E-state index contributed by atoms with van der Waals surface area (Å²) in [7, 11) is 0. The SMILES string of the molecule is CC(C)(C)OC(=O)NC1CN(C(=O)c2nc3c(C(F)(F)F)cc(-c4cn[nH]c4)cn3c2Br)C1. The van der Waals surface area contributed by atoms with Crippen LogP contribution in [0.1, 0.15) is 36.8 Å². The first-order valence-corrected chi connectivity index (χ1v) is 10.7. The van der Waals surface area contributed by atoms with Gasteiger partial charge in [-0.05, 0) is 42.8 Å². The van der Waals surface area contributed by atoms with Crippen LogP contribution in [0.25, 0.3) is 16.8 Å². The summed E-state index contributed by atoms with van der Waals surface area (Å²) in [5, 5.41) is 8.99. The Morgan fingerprint density at radius 1 is 1.24 bits per heavy atom. The Morgan fingerprint density at radius 2 is 1.94 bits per heavy atom. The van der Waals surface area contributed by atoms with Crippen molar-refractivity contribution in [1.82, 2.24) is 29.8 Å². The summed E-state index contributed by atoms with van der Waals surface area (Å²) in [6.45, 7) is 5.57. The fourth-order valence-electron chi connectivity index (χ4n) is 3.39. The van der Waals surface area contributed by atoms with Crippen LogP contribution in [0, 0.1) is 0 Å². The third kappa shape index (κ3) is 4.68. The molecule has 2 N–H and O–H groups in total. The average Bonchev–Trinajstić information content (AvgIpc) is 3.29. The van der Waals surface area contributed by atoms with Crippen molar-refractivity contribution < 1.29 is 27.5 Å². The van der Waals surface area contributed by atoms with E-state index in [4.69, 9.17) is 4.74 Å². The highest BCUT2D eigenvalue weighted by Gasteiger charge is 2.38. The maximum absolute atomic E-state index is 13.8. The second-order valence-corrected chi connectivity index (χ2v) is 9.38. The molecular formula is C20H20BrF3N6O3. The van der Waals surface area contributed by atoms with E-state index in [-0.39, 0.29) is 35.0 Å². The molecule has 4 heterocycles. The highest BCUT2D eigenvalue weighted by Crippen LogP contribution is 2.37. The molecule has 0 saturated carbocycles. The van der Waals surface area contributed by atoms with Crippen molar-refractivity contribution in [3.05, 3.63) is 40.5 Å². The number of likely N-dealkylation sites (tertiary alicyclic amines) is 1. The molecule has 3 aromatic rings. The number of nitrogens with zero attached hydrogens (tertiary/aromatic N) is 4. The van der Waals surface area contributed by atoms with E-state index >= 15 is 0 Å². The molecule has 1 aliphatic rings. The Kier molecular flexibility index (Phi) is 5.63. The second-order valence-electron chi connectivity index (χ2n) is 8.63. The number of aromatic nitrogens is 4. The van der Waals surface area contributed by atoms with E-state index in [1.165, 1.54) is 27.9 Å². The molecule has 1 fully saturated rings. The van der Waals surface area contributed by atoms with Crippen LogP contribution in [0.3, 0.4) is 0 Å². The van der Waals surface area contributed by atoms with Crippen LogP contribution in [0.5, 0.6) is 0 Å². The predicted molar refractivity (Wildman–Crippen MR) is 115 cm³/mol. The van der Waals surface area contributed by atoms with Crippen LogP contribution >= 0.6 is 15.9 Å². The number of alkyl carbamates (subject to hydrolysis) is 1. The first-order chi connectivity index (χ1) is 15.3. The van der Waals surface area contributed by atoms with E-state index in [0.29, 0.717) is 5.56 Å². The number of carbonyl (C=O) groups excluding carboxylic acids is 2. The number of amides is 2. The molecule has 9 nitrogen and oxygen atoms in total. The Balaban J connectivity index is 1.58. The lowest BCUT2D eigenvalue weighted by Crippen LogP contribution is -2.61. The molecule has 33 heavy (non-hydrogen) atoms. The number of pyridine rings is 1. The fourth-order valence-corrected chi connectivity index (χ4v) is 3.92.